The van der Waals surface area contributed by atoms with Crippen molar-refractivity contribution in [2.45, 2.75) is 0 Å². The number of hydrogen-bond donors (Lipinski definition) is 0. The van der Waals surface area contributed by atoms with Crippen LogP contribution in [-0.2, 0) is 0 Å². The zero-order valence-corrected chi connectivity index (χ0v) is 52.5. The van der Waals surface area contributed by atoms with E-state index >= 15 is 0 Å². The third kappa shape index (κ3) is 8.87. The lowest BCUT2D eigenvalue weighted by Gasteiger charge is -2.45. The van der Waals surface area contributed by atoms with Crippen LogP contribution in [0.25, 0.3) is 99.5 Å². The van der Waals surface area contributed by atoms with Gasteiger partial charge in [-0.25, -0.2) is 0 Å². The fourth-order valence-corrected chi connectivity index (χ4v) is 15.6. The zero-order chi connectivity index (χ0) is 63.2. The normalized spacial score (nSPS) is 12.3. The van der Waals surface area contributed by atoms with Gasteiger partial charge in [0, 0.05) is 78.2 Å². The molecule has 0 radical (unpaired) electrons. The Kier molecular flexibility index (Phi) is 13.0. The van der Waals surface area contributed by atoms with Gasteiger partial charge in [0.05, 0.1) is 39.1 Å². The summed E-state index contributed by atoms with van der Waals surface area (Å²) in [5.41, 5.74) is 29.3. The van der Waals surface area contributed by atoms with Crippen molar-refractivity contribution < 1.29 is 0 Å². The van der Waals surface area contributed by atoms with Gasteiger partial charge in [-0.1, -0.05) is 267 Å². The smallest absolute Gasteiger partial charge is 0.252 e. The highest BCUT2D eigenvalue weighted by Crippen LogP contribution is 2.52. The lowest BCUT2D eigenvalue weighted by Crippen LogP contribution is -2.61. The Balaban J connectivity index is 0.988. The third-order valence-corrected chi connectivity index (χ3v) is 19.8. The molecule has 0 unspecified atom stereocenters. The van der Waals surface area contributed by atoms with Crippen molar-refractivity contribution in [3.63, 3.8) is 0 Å². The first kappa shape index (κ1) is 55.0. The number of para-hydroxylation sites is 6. The number of aromatic nitrogens is 2. The van der Waals surface area contributed by atoms with E-state index in [1.807, 2.05) is 0 Å². The van der Waals surface area contributed by atoms with Crippen LogP contribution in [0.1, 0.15) is 0 Å². The molecule has 15 aromatic carbocycles. The van der Waals surface area contributed by atoms with Gasteiger partial charge in [0.2, 0.25) is 0 Å². The fourth-order valence-electron chi connectivity index (χ4n) is 15.6. The van der Waals surface area contributed by atoms with Crippen LogP contribution in [0, 0.1) is 0 Å². The van der Waals surface area contributed by atoms with Crippen LogP contribution in [0.2, 0.25) is 0 Å². The molecule has 0 N–H and O–H groups in total. The molecule has 0 bridgehead atoms. The highest BCUT2D eigenvalue weighted by atomic mass is 15.2. The molecule has 4 heterocycles. The molecule has 0 fully saturated rings. The van der Waals surface area contributed by atoms with Gasteiger partial charge in [0.1, 0.15) is 0 Å². The van der Waals surface area contributed by atoms with E-state index in [4.69, 9.17) is 0 Å². The van der Waals surface area contributed by atoms with Crippen molar-refractivity contribution in [1.29, 1.82) is 0 Å². The minimum absolute atomic E-state index is 0.292. The number of anilines is 9. The van der Waals surface area contributed by atoms with Crippen LogP contribution in [-0.4, -0.2) is 15.8 Å². The average molecular weight is 1220 g/mol. The second kappa shape index (κ2) is 22.6. The van der Waals surface area contributed by atoms with Gasteiger partial charge in [-0.05, 0) is 147 Å². The maximum absolute atomic E-state index is 2.59. The van der Waals surface area contributed by atoms with Crippen LogP contribution < -0.4 is 31.1 Å². The second-order valence-corrected chi connectivity index (χ2v) is 25.2. The predicted octanol–water partition coefficient (Wildman–Crippen LogP) is 22.1. The highest BCUT2D eigenvalue weighted by molar-refractivity contribution is 7.00. The summed E-state index contributed by atoms with van der Waals surface area (Å²) >= 11 is 0. The van der Waals surface area contributed by atoms with Crippen molar-refractivity contribution in [2.24, 2.45) is 0 Å². The van der Waals surface area contributed by atoms with Gasteiger partial charge in [0.25, 0.3) is 6.71 Å². The topological polar surface area (TPSA) is 19.6 Å². The molecule has 17 aromatic rings. The van der Waals surface area contributed by atoms with E-state index in [2.05, 4.69) is 388 Å². The minimum Gasteiger partial charge on any atom is -0.311 e. The maximum Gasteiger partial charge on any atom is 0.252 e. The molecule has 19 rings (SSSR count). The summed E-state index contributed by atoms with van der Waals surface area (Å²) in [6, 6.07) is 135. The second-order valence-electron chi connectivity index (χ2n) is 25.2. The van der Waals surface area contributed by atoms with E-state index in [0.29, 0.717) is 0 Å². The molecule has 2 aliphatic rings. The SMILES string of the molecule is c1ccc(-c2ccc(N3c4cc(-n5c6ccccc6c6ccccc65)c(-c5ccccc5)cc4B4c5cc(-c6ccccc6)c(-n6c7ccccc7c7ccccc76)cc5N(c5ccc(-c6ccccc6)cc5)c5cc(N(c6ccccc6)c6ccccc6)cc3c54)cc2)cc1. The molecule has 0 aliphatic carbocycles. The van der Waals surface area contributed by atoms with Crippen LogP contribution in [0.15, 0.2) is 364 Å². The number of nitrogens with zero attached hydrogens (tertiary/aromatic N) is 5. The number of hydrogen-bond acceptors (Lipinski definition) is 3. The van der Waals surface area contributed by atoms with Gasteiger partial charge in [-0.2, -0.15) is 0 Å². The van der Waals surface area contributed by atoms with E-state index < -0.39 is 0 Å². The molecular formula is C90H60BN5. The summed E-state index contributed by atoms with van der Waals surface area (Å²) in [4.78, 5) is 7.62. The molecule has 0 amide bonds. The van der Waals surface area contributed by atoms with E-state index in [-0.39, 0.29) is 6.71 Å². The van der Waals surface area contributed by atoms with E-state index in [0.717, 1.165) is 118 Å². The summed E-state index contributed by atoms with van der Waals surface area (Å²) < 4.78 is 5.05. The first-order valence-electron chi connectivity index (χ1n) is 33.1. The molecule has 0 saturated heterocycles. The van der Waals surface area contributed by atoms with Crippen LogP contribution in [0.3, 0.4) is 0 Å². The molecule has 0 spiro atoms. The molecule has 2 aliphatic heterocycles. The summed E-state index contributed by atoms with van der Waals surface area (Å²) in [5.74, 6) is 0. The Hall–Kier alpha value is -12.6. The molecule has 0 atom stereocenters. The molecule has 6 heteroatoms. The van der Waals surface area contributed by atoms with Crippen molar-refractivity contribution >= 4 is 118 Å². The Morgan fingerprint density at radius 3 is 0.854 bits per heavy atom. The average Bonchev–Trinajstić information content (AvgIpc) is 0.710. The standard InChI is InChI=1S/C90H60BN5/c1-7-27-61(28-8-1)63-47-51-69(52-48-63)93-86-59-84(95-80-43-23-19-39-72(80)73-40-20-24-44-81(73)95)76(65-31-11-3-12-32-65)57-78(86)91-79-58-77(66-33-13-4-14-34-66)85(96-82-45-25-21-41-74(82)75-42-22-26-46-83(75)96)60-87(79)94(70-53-49-64(50-54-70)62-29-9-2-10-30-62)89-56-71(55-88(93)90(89)91)92(67-35-15-5-16-36-67)68-37-17-6-18-38-68/h1-60H. The van der Waals surface area contributed by atoms with Gasteiger partial charge in [-0.15, -0.1) is 0 Å². The summed E-state index contributed by atoms with van der Waals surface area (Å²) in [7, 11) is 0. The van der Waals surface area contributed by atoms with Crippen molar-refractivity contribution in [1.82, 2.24) is 9.13 Å². The van der Waals surface area contributed by atoms with Crippen LogP contribution >= 0.6 is 0 Å². The predicted molar refractivity (Wildman–Crippen MR) is 406 cm³/mol. The van der Waals surface area contributed by atoms with Crippen LogP contribution in [0.4, 0.5) is 51.2 Å². The van der Waals surface area contributed by atoms with Crippen molar-refractivity contribution in [2.75, 3.05) is 14.7 Å². The molecule has 0 saturated carbocycles. The Morgan fingerprint density at radius 2 is 0.510 bits per heavy atom. The zero-order valence-electron chi connectivity index (χ0n) is 52.5. The van der Waals surface area contributed by atoms with E-state index in [1.54, 1.807) is 0 Å². The molecule has 5 nitrogen and oxygen atoms in total. The first-order chi connectivity index (χ1) is 47.7. The monoisotopic (exact) mass is 1220 g/mol. The molecule has 2 aromatic heterocycles. The van der Waals surface area contributed by atoms with Crippen molar-refractivity contribution in [3.8, 4) is 55.9 Å². The van der Waals surface area contributed by atoms with Gasteiger partial charge >= 0.3 is 0 Å². The molecular weight excluding hydrogens is 1160 g/mol. The Bertz CT molecular complexity index is 5350. The molecule has 96 heavy (non-hydrogen) atoms. The fraction of sp³-hybridized carbons (Fsp3) is 0. The third-order valence-electron chi connectivity index (χ3n) is 19.8. The Morgan fingerprint density at radius 1 is 0.219 bits per heavy atom. The van der Waals surface area contributed by atoms with Gasteiger partial charge in [-0.3, -0.25) is 0 Å². The van der Waals surface area contributed by atoms with Gasteiger partial charge in [0.15, 0.2) is 0 Å². The summed E-state index contributed by atoms with van der Waals surface area (Å²) in [5, 5.41) is 4.85. The summed E-state index contributed by atoms with van der Waals surface area (Å²) in [6.45, 7) is -0.292. The highest BCUT2D eigenvalue weighted by Gasteiger charge is 2.46. The van der Waals surface area contributed by atoms with Gasteiger partial charge < -0.3 is 23.8 Å². The number of fused-ring (bicyclic) bond motifs is 10. The number of benzene rings is 15. The van der Waals surface area contributed by atoms with Crippen molar-refractivity contribution in [3.05, 3.63) is 364 Å². The lowest BCUT2D eigenvalue weighted by atomic mass is 9.33. The van der Waals surface area contributed by atoms with Crippen LogP contribution in [0.5, 0.6) is 0 Å². The largest absolute Gasteiger partial charge is 0.311 e. The quantitative estimate of drug-likeness (QED) is 0.120. The van der Waals surface area contributed by atoms with E-state index in [9.17, 15) is 0 Å². The lowest BCUT2D eigenvalue weighted by molar-refractivity contribution is 1.16. The summed E-state index contributed by atoms with van der Waals surface area (Å²) in [6.07, 6.45) is 0. The maximum atomic E-state index is 2.59. The molecule has 448 valence electrons. The van der Waals surface area contributed by atoms with E-state index in [1.165, 1.54) is 49.1 Å². The Labute approximate surface area is 558 Å². The minimum atomic E-state index is -0.292. The first-order valence-corrected chi connectivity index (χ1v) is 33.1. The number of rotatable bonds is 11.